The average Bonchev–Trinajstić information content (AvgIpc) is 3.16. The number of aromatic nitrogens is 1. The minimum atomic E-state index is -0.358. The van der Waals surface area contributed by atoms with E-state index in [1.165, 1.54) is 6.07 Å². The topological polar surface area (TPSA) is 72.9 Å². The van der Waals surface area contributed by atoms with E-state index in [0.29, 0.717) is 0 Å². The number of para-hydroxylation sites is 1. The van der Waals surface area contributed by atoms with Gasteiger partial charge >= 0.3 is 0 Å². The van der Waals surface area contributed by atoms with Crippen LogP contribution in [0.2, 0.25) is 0 Å². The molecule has 1 aliphatic rings. The molecule has 29 heavy (non-hydrogen) atoms. The molecule has 1 aromatic heterocycles. The molecule has 2 heterocycles. The second kappa shape index (κ2) is 9.13. The van der Waals surface area contributed by atoms with Gasteiger partial charge < -0.3 is 9.30 Å². The molecule has 7 nitrogen and oxygen atoms in total. The number of nitro benzene ring substituents is 1. The van der Waals surface area contributed by atoms with E-state index < -0.39 is 0 Å². The van der Waals surface area contributed by atoms with Crippen LogP contribution in [0.1, 0.15) is 0 Å². The molecule has 1 saturated heterocycles. The number of hydrogen-bond donors (Lipinski definition) is 0. The maximum Gasteiger partial charge on any atom is 0.270 e. The van der Waals surface area contributed by atoms with Crippen LogP contribution >= 0.6 is 11.3 Å². The number of non-ortho nitro benzene ring substituents is 1. The molecule has 1 fully saturated rings. The molecule has 0 atom stereocenters. The normalized spacial score (nSPS) is 15.5. The first kappa shape index (κ1) is 19.5. The molecular formula is C21H22N4O3S. The van der Waals surface area contributed by atoms with Gasteiger partial charge in [-0.15, -0.1) is 11.3 Å². The highest BCUT2D eigenvalue weighted by atomic mass is 32.1. The van der Waals surface area contributed by atoms with Crippen LogP contribution in [0.4, 0.5) is 11.4 Å². The second-order valence-corrected chi connectivity index (χ2v) is 7.60. The predicted octanol–water partition coefficient (Wildman–Crippen LogP) is 3.69. The Kier molecular flexibility index (Phi) is 6.14. The number of thiazole rings is 1. The van der Waals surface area contributed by atoms with Gasteiger partial charge in [-0.3, -0.25) is 15.0 Å². The zero-order valence-electron chi connectivity index (χ0n) is 15.9. The number of benzene rings is 2. The lowest BCUT2D eigenvalue weighted by Gasteiger charge is -2.26. The highest BCUT2D eigenvalue weighted by Gasteiger charge is 2.15. The van der Waals surface area contributed by atoms with E-state index in [4.69, 9.17) is 9.73 Å². The fraction of sp³-hybridized carbons (Fsp3) is 0.286. The minimum Gasteiger partial charge on any atom is -0.379 e. The molecule has 0 amide bonds. The number of ether oxygens (including phenoxy) is 1. The van der Waals surface area contributed by atoms with Crippen molar-refractivity contribution in [1.82, 2.24) is 9.47 Å². The first-order chi connectivity index (χ1) is 14.2. The number of morpholine rings is 1. The summed E-state index contributed by atoms with van der Waals surface area (Å²) in [6.45, 7) is 4.99. The Morgan fingerprint density at radius 2 is 1.86 bits per heavy atom. The maximum absolute atomic E-state index is 11.2. The van der Waals surface area contributed by atoms with Crippen molar-refractivity contribution < 1.29 is 9.66 Å². The van der Waals surface area contributed by atoms with Crippen molar-refractivity contribution in [2.24, 2.45) is 4.99 Å². The van der Waals surface area contributed by atoms with Crippen molar-refractivity contribution in [3.05, 3.63) is 74.9 Å². The molecule has 1 aliphatic heterocycles. The summed E-state index contributed by atoms with van der Waals surface area (Å²) >= 11 is 1.55. The van der Waals surface area contributed by atoms with Gasteiger partial charge in [0.15, 0.2) is 4.80 Å². The van der Waals surface area contributed by atoms with E-state index in [-0.39, 0.29) is 10.6 Å². The number of nitro groups is 1. The van der Waals surface area contributed by atoms with Crippen molar-refractivity contribution in [2.45, 2.75) is 6.54 Å². The summed E-state index contributed by atoms with van der Waals surface area (Å²) in [5.74, 6) is 0. The molecule has 0 saturated carbocycles. The van der Waals surface area contributed by atoms with Gasteiger partial charge in [-0.05, 0) is 12.1 Å². The van der Waals surface area contributed by atoms with Gasteiger partial charge in [0.2, 0.25) is 0 Å². The quantitative estimate of drug-likeness (QED) is 0.459. The zero-order valence-corrected chi connectivity index (χ0v) is 16.8. The molecule has 8 heteroatoms. The van der Waals surface area contributed by atoms with Crippen molar-refractivity contribution in [2.75, 3.05) is 32.8 Å². The van der Waals surface area contributed by atoms with Crippen molar-refractivity contribution in [3.63, 3.8) is 0 Å². The summed E-state index contributed by atoms with van der Waals surface area (Å²) in [4.78, 5) is 18.9. The summed E-state index contributed by atoms with van der Waals surface area (Å²) in [6, 6.07) is 16.6. The smallest absolute Gasteiger partial charge is 0.270 e. The van der Waals surface area contributed by atoms with Crippen LogP contribution in [0.25, 0.3) is 11.3 Å². The Labute approximate surface area is 172 Å². The van der Waals surface area contributed by atoms with Crippen LogP contribution in [-0.2, 0) is 11.3 Å². The number of rotatable bonds is 6. The summed E-state index contributed by atoms with van der Waals surface area (Å²) in [6.07, 6.45) is 0. The third-order valence-corrected chi connectivity index (χ3v) is 5.74. The third kappa shape index (κ3) is 4.79. The van der Waals surface area contributed by atoms with Gasteiger partial charge in [-0.2, -0.15) is 0 Å². The minimum absolute atomic E-state index is 0.0926. The average molecular weight is 410 g/mol. The van der Waals surface area contributed by atoms with Crippen LogP contribution in [0.15, 0.2) is 65.0 Å². The Bertz CT molecular complexity index is 1040. The predicted molar refractivity (Wildman–Crippen MR) is 113 cm³/mol. The summed E-state index contributed by atoms with van der Waals surface area (Å²) in [5, 5.41) is 13.2. The van der Waals surface area contributed by atoms with Gasteiger partial charge in [0, 0.05) is 49.3 Å². The van der Waals surface area contributed by atoms with Gasteiger partial charge in [0.05, 0.1) is 29.5 Å². The monoisotopic (exact) mass is 410 g/mol. The lowest BCUT2D eigenvalue weighted by atomic mass is 10.1. The van der Waals surface area contributed by atoms with E-state index in [0.717, 1.165) is 61.1 Å². The van der Waals surface area contributed by atoms with E-state index in [9.17, 15) is 10.1 Å². The van der Waals surface area contributed by atoms with Crippen LogP contribution in [-0.4, -0.2) is 47.2 Å². The van der Waals surface area contributed by atoms with Gasteiger partial charge in [-0.25, -0.2) is 4.99 Å². The molecule has 150 valence electrons. The van der Waals surface area contributed by atoms with Crippen LogP contribution in [0.3, 0.4) is 0 Å². The van der Waals surface area contributed by atoms with Crippen LogP contribution in [0, 0.1) is 10.1 Å². The molecule has 2 aromatic carbocycles. The highest BCUT2D eigenvalue weighted by Crippen LogP contribution is 2.25. The molecule has 0 bridgehead atoms. The Morgan fingerprint density at radius 3 is 2.62 bits per heavy atom. The first-order valence-corrected chi connectivity index (χ1v) is 10.4. The van der Waals surface area contributed by atoms with Gasteiger partial charge in [0.1, 0.15) is 0 Å². The van der Waals surface area contributed by atoms with Crippen LogP contribution < -0.4 is 4.80 Å². The largest absolute Gasteiger partial charge is 0.379 e. The maximum atomic E-state index is 11.2. The van der Waals surface area contributed by atoms with E-state index in [1.54, 1.807) is 23.5 Å². The van der Waals surface area contributed by atoms with E-state index in [1.807, 2.05) is 41.8 Å². The Morgan fingerprint density at radius 1 is 1.07 bits per heavy atom. The lowest BCUT2D eigenvalue weighted by molar-refractivity contribution is -0.384. The molecule has 0 aliphatic carbocycles. The molecule has 0 unspecified atom stereocenters. The van der Waals surface area contributed by atoms with Crippen LogP contribution in [0.5, 0.6) is 0 Å². The molecule has 0 radical (unpaired) electrons. The Hall–Kier alpha value is -2.81. The lowest BCUT2D eigenvalue weighted by Crippen LogP contribution is -2.39. The molecule has 0 spiro atoms. The first-order valence-electron chi connectivity index (χ1n) is 9.54. The summed E-state index contributed by atoms with van der Waals surface area (Å²) in [7, 11) is 0. The Balaban J connectivity index is 1.71. The standard InChI is InChI=1S/C21H22N4O3S/c26-25(27)19-8-4-5-17(15-19)20-16-29-21(22-18-6-2-1-3-7-18)24(20)10-9-23-11-13-28-14-12-23/h1-8,15-16H,9-14H2. The fourth-order valence-corrected chi connectivity index (χ4v) is 4.28. The highest BCUT2D eigenvalue weighted by molar-refractivity contribution is 7.07. The van der Waals surface area contributed by atoms with Gasteiger partial charge in [0.25, 0.3) is 5.69 Å². The molecule has 3 aromatic rings. The van der Waals surface area contributed by atoms with E-state index in [2.05, 4.69) is 9.47 Å². The second-order valence-electron chi connectivity index (χ2n) is 6.76. The molecular weight excluding hydrogens is 388 g/mol. The number of hydrogen-bond acceptors (Lipinski definition) is 6. The van der Waals surface area contributed by atoms with Crippen molar-refractivity contribution in [3.8, 4) is 11.3 Å². The van der Waals surface area contributed by atoms with E-state index >= 15 is 0 Å². The zero-order chi connectivity index (χ0) is 20.1. The van der Waals surface area contributed by atoms with Gasteiger partial charge in [-0.1, -0.05) is 30.3 Å². The van der Waals surface area contributed by atoms with Crippen molar-refractivity contribution in [1.29, 1.82) is 0 Å². The van der Waals surface area contributed by atoms with Crippen molar-refractivity contribution >= 4 is 22.7 Å². The third-order valence-electron chi connectivity index (χ3n) is 4.87. The fourth-order valence-electron chi connectivity index (χ4n) is 3.32. The summed E-state index contributed by atoms with van der Waals surface area (Å²) < 4.78 is 7.60. The molecule has 0 N–H and O–H groups in total. The molecule has 4 rings (SSSR count). The summed E-state index contributed by atoms with van der Waals surface area (Å²) in [5.41, 5.74) is 2.75. The SMILES string of the molecule is O=[N+]([O-])c1cccc(-c2csc(=Nc3ccccc3)n2CCN2CCOCC2)c1. The number of nitrogens with zero attached hydrogens (tertiary/aromatic N) is 4.